The fourth-order valence-electron chi connectivity index (χ4n) is 4.97. The lowest BCUT2D eigenvalue weighted by atomic mass is 9.98. The molecule has 0 unspecified atom stereocenters. The number of carbonyl (C=O) groups is 3. The van der Waals surface area contributed by atoms with Crippen molar-refractivity contribution in [2.75, 3.05) is 6.61 Å². The molecule has 1 aliphatic rings. The Balaban J connectivity index is 1.28. The number of ether oxygens (including phenoxy) is 1. The number of nitrogens with one attached hydrogen (secondary N) is 2. The second-order valence-electron chi connectivity index (χ2n) is 9.55. The number of benzene rings is 2. The van der Waals surface area contributed by atoms with Gasteiger partial charge in [0, 0.05) is 43.5 Å². The van der Waals surface area contributed by atoms with Gasteiger partial charge in [-0.15, -0.1) is 0 Å². The van der Waals surface area contributed by atoms with Gasteiger partial charge in [-0.2, -0.15) is 0 Å². The van der Waals surface area contributed by atoms with Crippen molar-refractivity contribution < 1.29 is 24.2 Å². The Morgan fingerprint density at radius 2 is 1.30 bits per heavy atom. The summed E-state index contributed by atoms with van der Waals surface area (Å²) >= 11 is 0. The van der Waals surface area contributed by atoms with Crippen LogP contribution < -0.4 is 10.6 Å². The zero-order chi connectivity index (χ0) is 27.9. The first-order valence-electron chi connectivity index (χ1n) is 12.9. The van der Waals surface area contributed by atoms with E-state index in [-0.39, 0.29) is 25.4 Å². The van der Waals surface area contributed by atoms with Crippen molar-refractivity contribution in [3.63, 3.8) is 0 Å². The van der Waals surface area contributed by atoms with Gasteiger partial charge in [0.15, 0.2) is 0 Å². The predicted molar refractivity (Wildman–Crippen MR) is 147 cm³/mol. The van der Waals surface area contributed by atoms with E-state index in [1.165, 1.54) is 0 Å². The number of aliphatic carboxylic acids is 1. The van der Waals surface area contributed by atoms with Crippen molar-refractivity contribution in [2.24, 2.45) is 0 Å². The first-order valence-corrected chi connectivity index (χ1v) is 12.9. The minimum atomic E-state index is -1.21. The maximum absolute atomic E-state index is 13.3. The lowest BCUT2D eigenvalue weighted by Gasteiger charge is -2.22. The van der Waals surface area contributed by atoms with Gasteiger partial charge in [0.25, 0.3) is 0 Å². The van der Waals surface area contributed by atoms with E-state index in [9.17, 15) is 19.5 Å². The highest BCUT2D eigenvalue weighted by Gasteiger charge is 2.31. The molecule has 0 bridgehead atoms. The Labute approximate surface area is 231 Å². The summed E-state index contributed by atoms with van der Waals surface area (Å²) in [6.07, 6.45) is 5.69. The number of hydrogen-bond donors (Lipinski definition) is 3. The third kappa shape index (κ3) is 6.15. The molecule has 0 aliphatic heterocycles. The van der Waals surface area contributed by atoms with Crippen molar-refractivity contribution in [3.05, 3.63) is 120 Å². The minimum absolute atomic E-state index is 0.0411. The molecular weight excluding hydrogens is 508 g/mol. The van der Waals surface area contributed by atoms with Gasteiger partial charge >= 0.3 is 12.1 Å². The van der Waals surface area contributed by atoms with Crippen molar-refractivity contribution in [1.29, 1.82) is 0 Å². The molecule has 9 nitrogen and oxygen atoms in total. The van der Waals surface area contributed by atoms with E-state index < -0.39 is 30.1 Å². The lowest BCUT2D eigenvalue weighted by Crippen LogP contribution is -2.53. The number of amides is 2. The molecule has 202 valence electrons. The summed E-state index contributed by atoms with van der Waals surface area (Å²) in [7, 11) is 0. The second-order valence-corrected chi connectivity index (χ2v) is 9.55. The molecular formula is C31H28N4O5. The Kier molecular flexibility index (Phi) is 8.10. The third-order valence-corrected chi connectivity index (χ3v) is 6.89. The molecule has 40 heavy (non-hydrogen) atoms. The first kappa shape index (κ1) is 26.6. The smallest absolute Gasteiger partial charge is 0.407 e. The van der Waals surface area contributed by atoms with Crippen LogP contribution in [-0.2, 0) is 27.2 Å². The third-order valence-electron chi connectivity index (χ3n) is 6.89. The summed E-state index contributed by atoms with van der Waals surface area (Å²) in [6, 6.07) is 20.6. The van der Waals surface area contributed by atoms with Gasteiger partial charge in [-0.3, -0.25) is 14.8 Å². The molecule has 4 aromatic rings. The molecule has 5 rings (SSSR count). The number of pyridine rings is 2. The summed E-state index contributed by atoms with van der Waals surface area (Å²) in [6.45, 7) is 0.0832. The van der Waals surface area contributed by atoms with Crippen LogP contribution >= 0.6 is 0 Å². The van der Waals surface area contributed by atoms with Crippen molar-refractivity contribution in [1.82, 2.24) is 20.6 Å². The Morgan fingerprint density at radius 3 is 1.82 bits per heavy atom. The van der Waals surface area contributed by atoms with Crippen LogP contribution in [0.15, 0.2) is 97.6 Å². The normalized spacial score (nSPS) is 13.4. The van der Waals surface area contributed by atoms with Crippen LogP contribution in [0.1, 0.15) is 28.2 Å². The maximum atomic E-state index is 13.3. The molecule has 2 heterocycles. The van der Waals surface area contributed by atoms with Crippen molar-refractivity contribution in [3.8, 4) is 11.1 Å². The van der Waals surface area contributed by atoms with E-state index in [0.29, 0.717) is 11.1 Å². The van der Waals surface area contributed by atoms with Crippen LogP contribution in [0, 0.1) is 0 Å². The van der Waals surface area contributed by atoms with E-state index in [1.807, 2.05) is 48.5 Å². The number of nitrogens with zero attached hydrogens (tertiary/aromatic N) is 2. The van der Waals surface area contributed by atoms with Gasteiger partial charge < -0.3 is 20.5 Å². The van der Waals surface area contributed by atoms with Gasteiger partial charge in [0.2, 0.25) is 5.91 Å². The predicted octanol–water partition coefficient (Wildman–Crippen LogP) is 3.74. The summed E-state index contributed by atoms with van der Waals surface area (Å²) in [4.78, 5) is 46.3. The Hall–Kier alpha value is -5.05. The number of fused-ring (bicyclic) bond motifs is 3. The lowest BCUT2D eigenvalue weighted by molar-refractivity contribution is -0.142. The number of rotatable bonds is 10. The molecule has 9 heteroatoms. The van der Waals surface area contributed by atoms with Crippen molar-refractivity contribution >= 4 is 18.0 Å². The topological polar surface area (TPSA) is 131 Å². The van der Waals surface area contributed by atoms with Gasteiger partial charge in [0.1, 0.15) is 18.7 Å². The highest BCUT2D eigenvalue weighted by molar-refractivity contribution is 5.89. The molecule has 2 amide bonds. The van der Waals surface area contributed by atoms with Crippen LogP contribution in [0.2, 0.25) is 0 Å². The number of alkyl carbamates (subject to hydrolysis) is 1. The van der Waals surface area contributed by atoms with Gasteiger partial charge in [-0.25, -0.2) is 9.59 Å². The molecule has 0 saturated carbocycles. The Bertz CT molecular complexity index is 1450. The molecule has 2 atom stereocenters. The SMILES string of the molecule is O=C(N[C@H](Cc1cccnc1)C(=O)N[C@H](Cc1cccnc1)C(=O)O)OCC1c2ccccc2-c2ccccc21. The zero-order valence-electron chi connectivity index (χ0n) is 21.6. The summed E-state index contributed by atoms with van der Waals surface area (Å²) in [5.41, 5.74) is 5.70. The van der Waals surface area contributed by atoms with E-state index >= 15 is 0 Å². The van der Waals surface area contributed by atoms with E-state index in [4.69, 9.17) is 4.74 Å². The van der Waals surface area contributed by atoms with Crippen LogP contribution in [0.5, 0.6) is 0 Å². The van der Waals surface area contributed by atoms with Gasteiger partial charge in [0.05, 0.1) is 0 Å². The fourth-order valence-corrected chi connectivity index (χ4v) is 4.97. The van der Waals surface area contributed by atoms with E-state index in [1.54, 1.807) is 49.1 Å². The summed E-state index contributed by atoms with van der Waals surface area (Å²) < 4.78 is 5.64. The standard InChI is InChI=1S/C31H28N4O5/c36-29(34-28(30(37)38)16-21-8-6-14-33-18-21)27(15-20-7-5-13-32-17-20)35-31(39)40-19-26-24-11-3-1-9-22(24)23-10-2-4-12-25(23)26/h1-14,17-18,26-28H,15-16,19H2,(H,34,36)(H,35,39)(H,37,38)/t27-,28-/m1/s1. The van der Waals surface area contributed by atoms with Crippen LogP contribution in [0.25, 0.3) is 11.1 Å². The summed E-state index contributed by atoms with van der Waals surface area (Å²) in [5, 5.41) is 14.9. The number of hydrogen-bond acceptors (Lipinski definition) is 6. The number of carboxylic acids is 1. The minimum Gasteiger partial charge on any atom is -0.480 e. The molecule has 2 aromatic carbocycles. The molecule has 2 aromatic heterocycles. The number of aromatic nitrogens is 2. The van der Waals surface area contributed by atoms with Gasteiger partial charge in [-0.1, -0.05) is 60.7 Å². The average molecular weight is 537 g/mol. The average Bonchev–Trinajstić information content (AvgIpc) is 3.30. The highest BCUT2D eigenvalue weighted by atomic mass is 16.5. The summed E-state index contributed by atoms with van der Waals surface area (Å²) in [5.74, 6) is -1.98. The first-order chi connectivity index (χ1) is 19.5. The molecule has 0 spiro atoms. The van der Waals surface area contributed by atoms with Crippen LogP contribution in [0.4, 0.5) is 4.79 Å². The number of carbonyl (C=O) groups excluding carboxylic acids is 2. The quantitative estimate of drug-likeness (QED) is 0.281. The fraction of sp³-hybridized carbons (Fsp3) is 0.194. The highest BCUT2D eigenvalue weighted by Crippen LogP contribution is 2.44. The van der Waals surface area contributed by atoms with E-state index in [2.05, 4.69) is 20.6 Å². The van der Waals surface area contributed by atoms with Crippen molar-refractivity contribution in [2.45, 2.75) is 30.8 Å². The second kappa shape index (κ2) is 12.2. The molecule has 0 fully saturated rings. The largest absolute Gasteiger partial charge is 0.480 e. The zero-order valence-corrected chi connectivity index (χ0v) is 21.6. The van der Waals surface area contributed by atoms with Gasteiger partial charge in [-0.05, 0) is 45.5 Å². The van der Waals surface area contributed by atoms with E-state index in [0.717, 1.165) is 22.3 Å². The molecule has 3 N–H and O–H groups in total. The number of carboxylic acid groups (broad SMARTS) is 1. The Morgan fingerprint density at radius 1 is 0.750 bits per heavy atom. The van der Waals surface area contributed by atoms with Crippen LogP contribution in [0.3, 0.4) is 0 Å². The monoisotopic (exact) mass is 536 g/mol. The van der Waals surface area contributed by atoms with Crippen LogP contribution in [-0.4, -0.2) is 51.7 Å². The molecule has 1 aliphatic carbocycles. The molecule has 0 saturated heterocycles. The maximum Gasteiger partial charge on any atom is 0.407 e. The molecule has 0 radical (unpaired) electrons.